The van der Waals surface area contributed by atoms with Crippen molar-refractivity contribution in [2.45, 2.75) is 25.8 Å². The third-order valence-electron chi connectivity index (χ3n) is 6.42. The van der Waals surface area contributed by atoms with Crippen LogP contribution in [-0.2, 0) is 27.2 Å². The summed E-state index contributed by atoms with van der Waals surface area (Å²) in [5.74, 6) is -2.37. The van der Waals surface area contributed by atoms with Crippen LogP contribution in [0.4, 0.5) is 16.2 Å². The van der Waals surface area contributed by atoms with Crippen LogP contribution in [0.25, 0.3) is 0 Å². The standard InChI is InChI=1S/C27H23N3O4/c1-18(19-9-3-2-4-10-19)29-26(33)25(32)28(27(29)34)17-24(31)30-22-13-7-5-11-20(22)15-16-21-12-6-8-14-23(21)30/h2-14,18H,15-17H2,1H3. The number of aryl methyl sites for hydroxylation is 2. The Labute approximate surface area is 197 Å². The highest BCUT2D eigenvalue weighted by molar-refractivity contribution is 6.45. The minimum Gasteiger partial charge on any atom is -0.279 e. The summed E-state index contributed by atoms with van der Waals surface area (Å²) in [7, 11) is 0. The summed E-state index contributed by atoms with van der Waals surface area (Å²) in [4.78, 5) is 55.5. The van der Waals surface area contributed by atoms with Crippen molar-refractivity contribution in [1.29, 1.82) is 0 Å². The summed E-state index contributed by atoms with van der Waals surface area (Å²) in [5, 5.41) is 0. The maximum Gasteiger partial charge on any atom is 0.335 e. The number of carbonyl (C=O) groups is 4. The molecule has 0 aliphatic carbocycles. The van der Waals surface area contributed by atoms with Gasteiger partial charge in [0.05, 0.1) is 17.4 Å². The second-order valence-corrected chi connectivity index (χ2v) is 8.42. The number of carbonyl (C=O) groups excluding carboxylic acids is 4. The van der Waals surface area contributed by atoms with Crippen LogP contribution in [0.1, 0.15) is 29.7 Å². The van der Waals surface area contributed by atoms with Crippen molar-refractivity contribution in [2.75, 3.05) is 11.4 Å². The Bertz CT molecular complexity index is 1260. The van der Waals surface area contributed by atoms with Crippen molar-refractivity contribution in [3.8, 4) is 0 Å². The average Bonchev–Trinajstić information content (AvgIpc) is 3.00. The molecule has 34 heavy (non-hydrogen) atoms. The van der Waals surface area contributed by atoms with Crippen LogP contribution in [0.3, 0.4) is 0 Å². The van der Waals surface area contributed by atoms with Gasteiger partial charge in [-0.1, -0.05) is 66.7 Å². The first kappa shape index (κ1) is 21.6. The number of rotatable bonds is 4. The molecule has 7 nitrogen and oxygen atoms in total. The largest absolute Gasteiger partial charge is 0.335 e. The molecule has 3 aromatic rings. The van der Waals surface area contributed by atoms with Crippen LogP contribution in [0.2, 0.25) is 0 Å². The third kappa shape index (κ3) is 3.55. The van der Waals surface area contributed by atoms with E-state index >= 15 is 0 Å². The number of hydrogen-bond donors (Lipinski definition) is 0. The Morgan fingerprint density at radius 3 is 1.88 bits per heavy atom. The zero-order valence-electron chi connectivity index (χ0n) is 18.7. The lowest BCUT2D eigenvalue weighted by Gasteiger charge is -2.27. The molecule has 0 radical (unpaired) electrons. The minimum absolute atomic E-state index is 0.453. The maximum absolute atomic E-state index is 13.6. The molecule has 170 valence electrons. The van der Waals surface area contributed by atoms with Gasteiger partial charge in [0.25, 0.3) is 5.91 Å². The van der Waals surface area contributed by atoms with E-state index in [-0.39, 0.29) is 0 Å². The van der Waals surface area contributed by atoms with Crippen molar-refractivity contribution in [3.63, 3.8) is 0 Å². The smallest absolute Gasteiger partial charge is 0.279 e. The Morgan fingerprint density at radius 1 is 0.765 bits per heavy atom. The van der Waals surface area contributed by atoms with Crippen molar-refractivity contribution in [1.82, 2.24) is 9.80 Å². The average molecular weight is 453 g/mol. The van der Waals surface area contributed by atoms with Crippen LogP contribution in [-0.4, -0.2) is 40.1 Å². The molecule has 5 rings (SSSR count). The van der Waals surface area contributed by atoms with Crippen molar-refractivity contribution < 1.29 is 19.2 Å². The maximum atomic E-state index is 13.6. The van der Waals surface area contributed by atoms with Gasteiger partial charge >= 0.3 is 17.8 Å². The van der Waals surface area contributed by atoms with Crippen LogP contribution in [0, 0.1) is 0 Å². The number of anilines is 2. The number of nitrogens with zero attached hydrogens (tertiary/aromatic N) is 3. The Kier molecular flexibility index (Phi) is 5.45. The van der Waals surface area contributed by atoms with Crippen LogP contribution >= 0.6 is 0 Å². The molecular weight excluding hydrogens is 430 g/mol. The second kappa shape index (κ2) is 8.59. The van der Waals surface area contributed by atoms with Crippen molar-refractivity contribution in [2.24, 2.45) is 0 Å². The molecule has 1 fully saturated rings. The molecule has 2 heterocycles. The molecule has 0 spiro atoms. The Hall–Kier alpha value is -4.26. The SMILES string of the molecule is CC(c1ccccc1)N1C(=O)C(=O)N(CC(=O)N2c3ccccc3CCc3ccccc32)C1=O. The van der Waals surface area contributed by atoms with Gasteiger partial charge in [-0.2, -0.15) is 0 Å². The minimum atomic E-state index is -0.988. The van der Waals surface area contributed by atoms with Gasteiger partial charge in [-0.3, -0.25) is 19.3 Å². The molecule has 0 bridgehead atoms. The number of para-hydroxylation sites is 2. The number of amides is 5. The summed E-state index contributed by atoms with van der Waals surface area (Å²) >= 11 is 0. The molecule has 2 aliphatic rings. The van der Waals surface area contributed by atoms with Gasteiger partial charge in [-0.05, 0) is 48.6 Å². The van der Waals surface area contributed by atoms with Gasteiger partial charge in [0.2, 0.25) is 0 Å². The Morgan fingerprint density at radius 2 is 1.29 bits per heavy atom. The van der Waals surface area contributed by atoms with E-state index in [2.05, 4.69) is 0 Å². The number of hydrogen-bond acceptors (Lipinski definition) is 4. The van der Waals surface area contributed by atoms with Crippen LogP contribution in [0.5, 0.6) is 0 Å². The highest BCUT2D eigenvalue weighted by Gasteiger charge is 2.48. The summed E-state index contributed by atoms with van der Waals surface area (Å²) in [6.07, 6.45) is 1.53. The van der Waals surface area contributed by atoms with Gasteiger partial charge in [0, 0.05) is 0 Å². The molecule has 0 aromatic heterocycles. The highest BCUT2D eigenvalue weighted by Crippen LogP contribution is 2.36. The highest BCUT2D eigenvalue weighted by atomic mass is 16.2. The predicted molar refractivity (Wildman–Crippen MR) is 126 cm³/mol. The van der Waals surface area contributed by atoms with Gasteiger partial charge in [-0.25, -0.2) is 14.6 Å². The molecule has 1 unspecified atom stereocenters. The normalized spacial score (nSPS) is 16.3. The van der Waals surface area contributed by atoms with E-state index in [0.29, 0.717) is 0 Å². The number of urea groups is 1. The first-order valence-corrected chi connectivity index (χ1v) is 11.2. The van der Waals surface area contributed by atoms with Gasteiger partial charge in [0.1, 0.15) is 6.54 Å². The van der Waals surface area contributed by atoms with Crippen molar-refractivity contribution >= 4 is 35.1 Å². The zero-order valence-corrected chi connectivity index (χ0v) is 18.7. The van der Waals surface area contributed by atoms with Crippen LogP contribution in [0.15, 0.2) is 78.9 Å². The first-order valence-electron chi connectivity index (χ1n) is 11.2. The van der Waals surface area contributed by atoms with E-state index in [1.807, 2.05) is 54.6 Å². The fraction of sp³-hybridized carbons (Fsp3) is 0.185. The molecule has 5 amide bonds. The molecule has 7 heteroatoms. The van der Waals surface area contributed by atoms with E-state index in [4.69, 9.17) is 0 Å². The number of imide groups is 2. The summed E-state index contributed by atoms with van der Waals surface area (Å²) in [6, 6.07) is 22.8. The van der Waals surface area contributed by atoms with E-state index in [9.17, 15) is 19.2 Å². The van der Waals surface area contributed by atoms with E-state index in [1.165, 1.54) is 0 Å². The fourth-order valence-electron chi connectivity index (χ4n) is 4.64. The summed E-state index contributed by atoms with van der Waals surface area (Å²) in [5.41, 5.74) is 4.17. The lowest BCUT2D eigenvalue weighted by Crippen LogP contribution is -2.42. The lowest BCUT2D eigenvalue weighted by molar-refractivity contribution is -0.144. The predicted octanol–water partition coefficient (Wildman–Crippen LogP) is 4.00. The number of fused-ring (bicyclic) bond motifs is 2. The quantitative estimate of drug-likeness (QED) is 0.442. The zero-order chi connectivity index (χ0) is 23.8. The topological polar surface area (TPSA) is 78.0 Å². The molecule has 2 aliphatic heterocycles. The molecule has 3 aromatic carbocycles. The first-order chi connectivity index (χ1) is 16.5. The molecule has 1 atom stereocenters. The Balaban J connectivity index is 1.46. The van der Waals surface area contributed by atoms with Crippen molar-refractivity contribution in [3.05, 3.63) is 95.6 Å². The van der Waals surface area contributed by atoms with Crippen LogP contribution < -0.4 is 4.90 Å². The number of benzene rings is 3. The van der Waals surface area contributed by atoms with Gasteiger partial charge < -0.3 is 0 Å². The van der Waals surface area contributed by atoms with Gasteiger partial charge in [-0.15, -0.1) is 0 Å². The summed E-state index contributed by atoms with van der Waals surface area (Å²) < 4.78 is 0. The fourth-order valence-corrected chi connectivity index (χ4v) is 4.64. The second-order valence-electron chi connectivity index (χ2n) is 8.42. The van der Waals surface area contributed by atoms with Gasteiger partial charge in [0.15, 0.2) is 0 Å². The van der Waals surface area contributed by atoms with E-state index < -0.39 is 36.3 Å². The molecular formula is C27H23N3O4. The summed E-state index contributed by atoms with van der Waals surface area (Å²) in [6.45, 7) is 1.16. The third-order valence-corrected chi connectivity index (χ3v) is 6.42. The monoisotopic (exact) mass is 453 g/mol. The van der Waals surface area contributed by atoms with E-state index in [1.54, 1.807) is 36.1 Å². The molecule has 0 saturated carbocycles. The molecule has 0 N–H and O–H groups in total. The molecule has 1 saturated heterocycles. The van der Waals surface area contributed by atoms with E-state index in [0.717, 1.165) is 50.7 Å². The lowest BCUT2D eigenvalue weighted by atomic mass is 10.0.